The highest BCUT2D eigenvalue weighted by Crippen LogP contribution is 2.25. The van der Waals surface area contributed by atoms with Crippen molar-refractivity contribution in [2.45, 2.75) is 24.0 Å². The Balaban J connectivity index is 1.45. The number of hydrogen-bond acceptors (Lipinski definition) is 4. The molecule has 0 saturated heterocycles. The summed E-state index contributed by atoms with van der Waals surface area (Å²) >= 11 is 12.4. The van der Waals surface area contributed by atoms with Crippen LogP contribution in [0.25, 0.3) is 0 Å². The lowest BCUT2D eigenvalue weighted by atomic mass is 10.0. The molecule has 41 heavy (non-hydrogen) atoms. The first-order valence-corrected chi connectivity index (χ1v) is 15.7. The number of carboxylic acids is 1. The monoisotopic (exact) mass is 605 g/mol. The van der Waals surface area contributed by atoms with E-state index >= 15 is 0 Å². The number of carboxylic acid groups (broad SMARTS) is 1. The zero-order valence-corrected chi connectivity index (χ0v) is 25.1. The highest BCUT2D eigenvalue weighted by atomic mass is 35.5. The molecule has 0 radical (unpaired) electrons. The van der Waals surface area contributed by atoms with Crippen molar-refractivity contribution >= 4 is 50.6 Å². The second-order valence-corrected chi connectivity index (χ2v) is 12.4. The Bertz CT molecular complexity index is 1420. The summed E-state index contributed by atoms with van der Waals surface area (Å²) < 4.78 is 5.68. The van der Waals surface area contributed by atoms with Crippen LogP contribution >= 0.6 is 23.2 Å². The fourth-order valence-electron chi connectivity index (χ4n) is 4.61. The van der Waals surface area contributed by atoms with Crippen LogP contribution in [0.2, 0.25) is 16.1 Å². The molecule has 6 nitrogen and oxygen atoms in total. The van der Waals surface area contributed by atoms with E-state index in [2.05, 4.69) is 29.6 Å². The van der Waals surface area contributed by atoms with Crippen LogP contribution in [0.5, 0.6) is 0 Å². The van der Waals surface area contributed by atoms with Gasteiger partial charge < -0.3 is 15.2 Å². The summed E-state index contributed by atoms with van der Waals surface area (Å²) in [6.07, 6.45) is 0.0978. The molecule has 9 heteroatoms. The fourth-order valence-corrected chi connectivity index (χ4v) is 7.11. The predicted octanol–water partition coefficient (Wildman–Crippen LogP) is 5.95. The zero-order chi connectivity index (χ0) is 29.2. The Morgan fingerprint density at radius 1 is 0.780 bits per heavy atom. The zero-order valence-electron chi connectivity index (χ0n) is 22.1. The van der Waals surface area contributed by atoms with E-state index in [4.69, 9.17) is 27.9 Å². The number of amides is 1. The van der Waals surface area contributed by atoms with E-state index in [1.54, 1.807) is 30.3 Å². The van der Waals surface area contributed by atoms with Gasteiger partial charge in [-0.1, -0.05) is 102 Å². The number of hydrogen-bond donors (Lipinski definition) is 2. The summed E-state index contributed by atoms with van der Waals surface area (Å²) in [5.74, 6) is -2.25. The minimum Gasteiger partial charge on any atom is -0.478 e. The van der Waals surface area contributed by atoms with Crippen molar-refractivity contribution in [2.24, 2.45) is 0 Å². The molecule has 0 saturated carbocycles. The normalized spacial score (nSPS) is 11.9. The van der Waals surface area contributed by atoms with Crippen LogP contribution in [0, 0.1) is 0 Å². The van der Waals surface area contributed by atoms with Gasteiger partial charge in [-0.15, -0.1) is 0 Å². The molecule has 4 rings (SSSR count). The van der Waals surface area contributed by atoms with Crippen LogP contribution < -0.4 is 5.32 Å². The molecule has 4 aromatic carbocycles. The van der Waals surface area contributed by atoms with Crippen molar-refractivity contribution in [1.82, 2.24) is 5.32 Å². The number of nitrogens with one attached hydrogen (secondary N) is 1. The van der Waals surface area contributed by atoms with Crippen LogP contribution in [0.3, 0.4) is 0 Å². The second-order valence-electron chi connectivity index (χ2n) is 9.51. The molecule has 0 aliphatic heterocycles. The number of rotatable bonds is 12. The summed E-state index contributed by atoms with van der Waals surface area (Å²) in [6.45, 7) is 0.221. The van der Waals surface area contributed by atoms with Crippen molar-refractivity contribution in [3.05, 3.63) is 141 Å². The van der Waals surface area contributed by atoms with Crippen molar-refractivity contribution < 1.29 is 24.2 Å². The van der Waals surface area contributed by atoms with E-state index in [1.165, 1.54) is 23.3 Å². The molecule has 0 aliphatic carbocycles. The Labute approximate surface area is 251 Å². The SMILES string of the molecule is O=C(O)c1ccc(CC(NC(=O)c2c(Cl)cccc2Cl)C(=O)OCC[SiH2]C(c2ccccc2)c2ccccc2)cc1. The third kappa shape index (κ3) is 8.30. The van der Waals surface area contributed by atoms with Gasteiger partial charge in [-0.05, 0) is 52.5 Å². The van der Waals surface area contributed by atoms with E-state index in [1.807, 2.05) is 36.4 Å². The number of ether oxygens (including phenoxy) is 1. The van der Waals surface area contributed by atoms with Crippen LogP contribution in [0.4, 0.5) is 0 Å². The molecule has 2 N–H and O–H groups in total. The quantitative estimate of drug-likeness (QED) is 0.118. The summed E-state index contributed by atoms with van der Waals surface area (Å²) in [6, 6.07) is 31.1. The number of carbonyl (C=O) groups is 3. The Kier molecular flexibility index (Phi) is 10.7. The molecule has 1 unspecified atom stereocenters. The molecule has 0 spiro atoms. The first kappa shape index (κ1) is 30.1. The van der Waals surface area contributed by atoms with Crippen LogP contribution in [0.1, 0.15) is 42.9 Å². The molecular formula is C32H29Cl2NO5Si. The number of aromatic carboxylic acids is 1. The number of carbonyl (C=O) groups excluding carboxylic acids is 2. The van der Waals surface area contributed by atoms with Gasteiger partial charge in [0.1, 0.15) is 6.04 Å². The van der Waals surface area contributed by atoms with Gasteiger partial charge in [-0.3, -0.25) is 4.79 Å². The first-order valence-electron chi connectivity index (χ1n) is 13.2. The minimum atomic E-state index is -1.05. The lowest BCUT2D eigenvalue weighted by Crippen LogP contribution is -2.43. The van der Waals surface area contributed by atoms with E-state index in [0.717, 1.165) is 6.04 Å². The third-order valence-electron chi connectivity index (χ3n) is 6.71. The van der Waals surface area contributed by atoms with Gasteiger partial charge in [0.05, 0.1) is 27.8 Å². The van der Waals surface area contributed by atoms with Crippen molar-refractivity contribution in [3.63, 3.8) is 0 Å². The van der Waals surface area contributed by atoms with E-state index in [-0.39, 0.29) is 39.7 Å². The van der Waals surface area contributed by atoms with Crippen molar-refractivity contribution in [1.29, 1.82) is 0 Å². The predicted molar refractivity (Wildman–Crippen MR) is 164 cm³/mol. The fraction of sp³-hybridized carbons (Fsp3) is 0.156. The molecule has 1 atom stereocenters. The van der Waals surface area contributed by atoms with Gasteiger partial charge in [0.25, 0.3) is 5.91 Å². The summed E-state index contributed by atoms with van der Waals surface area (Å²) in [7, 11) is -0.738. The van der Waals surface area contributed by atoms with Gasteiger partial charge in [0.15, 0.2) is 0 Å². The van der Waals surface area contributed by atoms with E-state index < -0.39 is 33.4 Å². The molecule has 1 amide bonds. The largest absolute Gasteiger partial charge is 0.478 e. The molecule has 4 aromatic rings. The van der Waals surface area contributed by atoms with Crippen molar-refractivity contribution in [3.8, 4) is 0 Å². The standard InChI is InChI=1S/C32H29Cl2NO5Si/c33-25-12-7-13-26(34)28(25)30(36)35-27(20-21-14-16-24(17-15-21)31(37)38)32(39)40-18-19-41-29(22-8-3-1-4-9-22)23-10-5-2-6-11-23/h1-17,27,29H,18-20,41H2,(H,35,36)(H,37,38). The van der Waals surface area contributed by atoms with E-state index in [9.17, 15) is 19.5 Å². The first-order chi connectivity index (χ1) is 19.8. The minimum absolute atomic E-state index is 0.0656. The molecule has 0 aliphatic rings. The molecule has 0 heterocycles. The topological polar surface area (TPSA) is 92.7 Å². The maximum Gasteiger partial charge on any atom is 0.335 e. The van der Waals surface area contributed by atoms with Crippen LogP contribution in [-0.2, 0) is 16.0 Å². The van der Waals surface area contributed by atoms with Gasteiger partial charge in [0.2, 0.25) is 0 Å². The number of halogens is 2. The summed E-state index contributed by atoms with van der Waals surface area (Å²) in [5, 5.41) is 12.2. The third-order valence-corrected chi connectivity index (χ3v) is 9.55. The highest BCUT2D eigenvalue weighted by Gasteiger charge is 2.26. The Hall–Kier alpha value is -3.91. The maximum absolute atomic E-state index is 13.3. The average molecular weight is 607 g/mol. The Morgan fingerprint density at radius 2 is 1.34 bits per heavy atom. The van der Waals surface area contributed by atoms with Crippen molar-refractivity contribution in [2.75, 3.05) is 6.61 Å². The van der Waals surface area contributed by atoms with Gasteiger partial charge in [0, 0.05) is 15.9 Å². The highest BCUT2D eigenvalue weighted by molar-refractivity contribution is 6.40. The van der Waals surface area contributed by atoms with Crippen LogP contribution in [0.15, 0.2) is 103 Å². The molecular weight excluding hydrogens is 577 g/mol. The summed E-state index contributed by atoms with van der Waals surface area (Å²) in [5.41, 5.74) is 3.60. The van der Waals surface area contributed by atoms with E-state index in [0.29, 0.717) is 5.56 Å². The van der Waals surface area contributed by atoms with Gasteiger partial charge >= 0.3 is 11.9 Å². The maximum atomic E-state index is 13.3. The second kappa shape index (κ2) is 14.6. The molecule has 0 bridgehead atoms. The average Bonchev–Trinajstić information content (AvgIpc) is 2.98. The smallest absolute Gasteiger partial charge is 0.335 e. The van der Waals surface area contributed by atoms with Gasteiger partial charge in [-0.2, -0.15) is 0 Å². The lowest BCUT2D eigenvalue weighted by molar-refractivity contribution is -0.145. The number of benzene rings is 4. The molecule has 0 fully saturated rings. The Morgan fingerprint density at radius 3 is 1.88 bits per heavy atom. The number of esters is 1. The lowest BCUT2D eigenvalue weighted by Gasteiger charge is -2.20. The molecule has 210 valence electrons. The van der Waals surface area contributed by atoms with Crippen LogP contribution in [-0.4, -0.2) is 45.1 Å². The molecule has 0 aromatic heterocycles. The summed E-state index contributed by atoms with van der Waals surface area (Å²) in [4.78, 5) is 37.6. The van der Waals surface area contributed by atoms with Gasteiger partial charge in [-0.25, -0.2) is 9.59 Å².